The van der Waals surface area contributed by atoms with Gasteiger partial charge in [0.05, 0.1) is 18.3 Å². The molecule has 25 heavy (non-hydrogen) atoms. The summed E-state index contributed by atoms with van der Waals surface area (Å²) in [5.74, 6) is 1.58. The van der Waals surface area contributed by atoms with Gasteiger partial charge in [-0.3, -0.25) is 4.79 Å². The molecule has 0 unspecified atom stereocenters. The van der Waals surface area contributed by atoms with Gasteiger partial charge in [0.1, 0.15) is 5.82 Å². The van der Waals surface area contributed by atoms with Crippen LogP contribution >= 0.6 is 0 Å². The molecule has 0 fully saturated rings. The fourth-order valence-electron chi connectivity index (χ4n) is 3.48. The van der Waals surface area contributed by atoms with Gasteiger partial charge in [-0.25, -0.2) is 9.97 Å². The molecule has 132 valence electrons. The fourth-order valence-corrected chi connectivity index (χ4v) is 3.48. The molecule has 0 radical (unpaired) electrons. The Morgan fingerprint density at radius 1 is 1.28 bits per heavy atom. The first-order valence-electron chi connectivity index (χ1n) is 8.94. The Morgan fingerprint density at radius 2 is 2.00 bits per heavy atom. The van der Waals surface area contributed by atoms with Crippen LogP contribution in [0, 0.1) is 0 Å². The first kappa shape index (κ1) is 17.4. The van der Waals surface area contributed by atoms with Crippen molar-refractivity contribution in [3.05, 3.63) is 47.9 Å². The van der Waals surface area contributed by atoms with Gasteiger partial charge in [-0.2, -0.15) is 0 Å². The number of nitrogens with zero attached hydrogens (tertiary/aromatic N) is 4. The van der Waals surface area contributed by atoms with E-state index in [1.54, 1.807) is 0 Å². The summed E-state index contributed by atoms with van der Waals surface area (Å²) in [5, 5.41) is 0. The van der Waals surface area contributed by atoms with E-state index in [9.17, 15) is 4.79 Å². The number of hydrogen-bond donors (Lipinski definition) is 0. The van der Waals surface area contributed by atoms with Gasteiger partial charge in [0.2, 0.25) is 0 Å². The van der Waals surface area contributed by atoms with E-state index in [0.717, 1.165) is 24.5 Å². The third-order valence-corrected chi connectivity index (χ3v) is 4.78. The Labute approximate surface area is 149 Å². The maximum absolute atomic E-state index is 12.5. The van der Waals surface area contributed by atoms with E-state index < -0.39 is 0 Å². The van der Waals surface area contributed by atoms with Crippen LogP contribution in [-0.2, 0) is 6.42 Å². The number of likely N-dealkylation sites (N-methyl/N-ethyl adjacent to an activating group) is 1. The van der Waals surface area contributed by atoms with Crippen LogP contribution in [0.1, 0.15) is 43.4 Å². The average molecular weight is 338 g/mol. The standard InChI is InChI=1S/C20H26N4O/c1-5-16-13-23(4)17-12-21-19(22-20(17)24(16)14(2)3)11-18(25)15-9-7-6-8-10-15/h6-10,12,14,16H,5,11,13H2,1-4H3/t16-/m1/s1. The highest BCUT2D eigenvalue weighted by molar-refractivity contribution is 5.97. The second-order valence-corrected chi connectivity index (χ2v) is 6.90. The first-order chi connectivity index (χ1) is 12.0. The van der Waals surface area contributed by atoms with Gasteiger partial charge in [-0.05, 0) is 20.3 Å². The zero-order chi connectivity index (χ0) is 18.0. The molecule has 2 aromatic rings. The number of benzene rings is 1. The summed E-state index contributed by atoms with van der Waals surface area (Å²) >= 11 is 0. The summed E-state index contributed by atoms with van der Waals surface area (Å²) in [5.41, 5.74) is 1.74. The predicted molar refractivity (Wildman–Crippen MR) is 101 cm³/mol. The molecule has 0 N–H and O–H groups in total. The molecule has 0 amide bonds. The highest BCUT2D eigenvalue weighted by Crippen LogP contribution is 2.34. The van der Waals surface area contributed by atoms with Crippen molar-refractivity contribution >= 4 is 17.3 Å². The van der Waals surface area contributed by atoms with Crippen molar-refractivity contribution in [2.75, 3.05) is 23.4 Å². The van der Waals surface area contributed by atoms with E-state index in [1.807, 2.05) is 36.5 Å². The molecule has 0 spiro atoms. The molecule has 0 bridgehead atoms. The minimum atomic E-state index is 0.0489. The first-order valence-corrected chi connectivity index (χ1v) is 8.94. The lowest BCUT2D eigenvalue weighted by Crippen LogP contribution is -2.51. The number of rotatable bonds is 5. The molecule has 0 aliphatic carbocycles. The number of carbonyl (C=O) groups is 1. The van der Waals surface area contributed by atoms with Crippen molar-refractivity contribution in [1.82, 2.24) is 9.97 Å². The molecule has 2 heterocycles. The van der Waals surface area contributed by atoms with E-state index in [4.69, 9.17) is 4.98 Å². The van der Waals surface area contributed by atoms with Crippen LogP contribution in [-0.4, -0.2) is 41.4 Å². The second kappa shape index (κ2) is 7.21. The summed E-state index contributed by atoms with van der Waals surface area (Å²) in [4.78, 5) is 26.3. The Kier molecular flexibility index (Phi) is 5.02. The maximum atomic E-state index is 12.5. The summed E-state index contributed by atoms with van der Waals surface area (Å²) < 4.78 is 0. The molecule has 5 heteroatoms. The number of carbonyl (C=O) groups excluding carboxylic acids is 1. The van der Waals surface area contributed by atoms with Crippen molar-refractivity contribution in [1.29, 1.82) is 0 Å². The summed E-state index contributed by atoms with van der Waals surface area (Å²) in [6.07, 6.45) is 3.14. The zero-order valence-electron chi connectivity index (χ0n) is 15.4. The number of aromatic nitrogens is 2. The Morgan fingerprint density at radius 3 is 2.64 bits per heavy atom. The minimum Gasteiger partial charge on any atom is -0.368 e. The molecular formula is C20H26N4O. The van der Waals surface area contributed by atoms with Crippen LogP contribution in [0.4, 0.5) is 11.5 Å². The van der Waals surface area contributed by atoms with Crippen molar-refractivity contribution in [3.63, 3.8) is 0 Å². The van der Waals surface area contributed by atoms with Gasteiger partial charge in [0.25, 0.3) is 0 Å². The monoisotopic (exact) mass is 338 g/mol. The number of hydrogen-bond acceptors (Lipinski definition) is 5. The molecule has 0 saturated carbocycles. The van der Waals surface area contributed by atoms with Gasteiger partial charge in [-0.1, -0.05) is 37.3 Å². The molecule has 0 saturated heterocycles. The summed E-state index contributed by atoms with van der Waals surface area (Å²) in [7, 11) is 2.08. The number of Topliss-reactive ketones (excluding diaryl/α,β-unsaturated/α-hetero) is 1. The molecule has 5 nitrogen and oxygen atoms in total. The smallest absolute Gasteiger partial charge is 0.170 e. The second-order valence-electron chi connectivity index (χ2n) is 6.90. The van der Waals surface area contributed by atoms with Crippen molar-refractivity contribution in [3.8, 4) is 0 Å². The van der Waals surface area contributed by atoms with Gasteiger partial charge < -0.3 is 9.80 Å². The molecule has 1 aromatic heterocycles. The van der Waals surface area contributed by atoms with Crippen molar-refractivity contribution in [2.45, 2.75) is 45.7 Å². The lowest BCUT2D eigenvalue weighted by Gasteiger charge is -2.44. The zero-order valence-corrected chi connectivity index (χ0v) is 15.4. The van der Waals surface area contributed by atoms with E-state index in [-0.39, 0.29) is 12.2 Å². The topological polar surface area (TPSA) is 49.3 Å². The molecule has 3 rings (SSSR count). The Balaban J connectivity index is 1.92. The molecule has 1 aromatic carbocycles. The Bertz CT molecular complexity index is 745. The van der Waals surface area contributed by atoms with E-state index in [2.05, 4.69) is 42.6 Å². The number of anilines is 2. The molecule has 1 aliphatic rings. The SMILES string of the molecule is CC[C@@H]1CN(C)c2cnc(CC(=O)c3ccccc3)nc2N1C(C)C. The maximum Gasteiger partial charge on any atom is 0.170 e. The molecule has 1 atom stereocenters. The van der Waals surface area contributed by atoms with E-state index in [1.165, 1.54) is 0 Å². The van der Waals surface area contributed by atoms with Crippen molar-refractivity contribution < 1.29 is 4.79 Å². The van der Waals surface area contributed by atoms with Crippen LogP contribution in [0.15, 0.2) is 36.5 Å². The molecular weight excluding hydrogens is 312 g/mol. The van der Waals surface area contributed by atoms with Gasteiger partial charge in [0.15, 0.2) is 11.6 Å². The largest absolute Gasteiger partial charge is 0.368 e. The van der Waals surface area contributed by atoms with Gasteiger partial charge >= 0.3 is 0 Å². The highest BCUT2D eigenvalue weighted by atomic mass is 16.1. The lowest BCUT2D eigenvalue weighted by molar-refractivity contribution is 0.0991. The van der Waals surface area contributed by atoms with Crippen LogP contribution in [0.25, 0.3) is 0 Å². The third-order valence-electron chi connectivity index (χ3n) is 4.78. The average Bonchev–Trinajstić information content (AvgIpc) is 2.61. The minimum absolute atomic E-state index is 0.0489. The third kappa shape index (κ3) is 3.50. The quantitative estimate of drug-likeness (QED) is 0.783. The fraction of sp³-hybridized carbons (Fsp3) is 0.450. The van der Waals surface area contributed by atoms with E-state index >= 15 is 0 Å². The summed E-state index contributed by atoms with van der Waals surface area (Å²) in [6.45, 7) is 7.55. The van der Waals surface area contributed by atoms with E-state index in [0.29, 0.717) is 23.5 Å². The highest BCUT2D eigenvalue weighted by Gasteiger charge is 2.31. The van der Waals surface area contributed by atoms with Crippen molar-refractivity contribution in [2.24, 2.45) is 0 Å². The van der Waals surface area contributed by atoms with Gasteiger partial charge in [0, 0.05) is 31.2 Å². The van der Waals surface area contributed by atoms with Crippen LogP contribution in [0.3, 0.4) is 0 Å². The number of fused-ring (bicyclic) bond motifs is 1. The van der Waals surface area contributed by atoms with Crippen LogP contribution in [0.2, 0.25) is 0 Å². The number of ketones is 1. The summed E-state index contributed by atoms with van der Waals surface area (Å²) in [6, 6.07) is 10.1. The van der Waals surface area contributed by atoms with Crippen LogP contribution in [0.5, 0.6) is 0 Å². The van der Waals surface area contributed by atoms with Crippen LogP contribution < -0.4 is 9.80 Å². The predicted octanol–water partition coefficient (Wildman–Crippen LogP) is 3.35. The normalized spacial score (nSPS) is 16.9. The molecule has 1 aliphatic heterocycles. The Hall–Kier alpha value is -2.43. The lowest BCUT2D eigenvalue weighted by atomic mass is 10.1. The van der Waals surface area contributed by atoms with Gasteiger partial charge in [-0.15, -0.1) is 0 Å².